The molecule has 1 saturated heterocycles. The van der Waals surface area contributed by atoms with Crippen LogP contribution in [0.3, 0.4) is 0 Å². The highest BCUT2D eigenvalue weighted by atomic mass is 16.3. The number of benzene rings is 1. The van der Waals surface area contributed by atoms with Gasteiger partial charge in [-0.15, -0.1) is 0 Å². The van der Waals surface area contributed by atoms with Crippen LogP contribution in [0.15, 0.2) is 30.3 Å². The summed E-state index contributed by atoms with van der Waals surface area (Å²) < 4.78 is 0. The normalized spacial score (nSPS) is 36.3. The van der Waals surface area contributed by atoms with Gasteiger partial charge in [0.2, 0.25) is 0 Å². The minimum absolute atomic E-state index is 0.0816. The lowest BCUT2D eigenvalue weighted by Crippen LogP contribution is -2.58. The summed E-state index contributed by atoms with van der Waals surface area (Å²) in [6.07, 6.45) is 6.00. The van der Waals surface area contributed by atoms with Crippen molar-refractivity contribution in [3.05, 3.63) is 30.3 Å². The highest BCUT2D eigenvalue weighted by Crippen LogP contribution is 2.63. The maximum atomic E-state index is 11.5. The standard InChI is InChI=1S/C30H50N2O3/c1-27(2)14-9-15-28(3)24(27)12-16-29(4,34)25(28)13-17-30(5,35)26(33)22-31-18-20-32(21-19-31)23-10-7-6-8-11-23/h6-8,10-11,24-26,33-35H,9,12-22H2,1-5H3/t24-,25+,26-,28-,29+,30+/m0/s1. The minimum atomic E-state index is -1.17. The second kappa shape index (κ2) is 9.96. The number of β-amino-alcohol motifs (C(OH)–C–C–N with tert-alkyl or cyclic N) is 1. The number of hydrogen-bond donors (Lipinski definition) is 3. The SMILES string of the molecule is CC1(C)CCC[C@]2(C)[C@@H](CC[C@@](C)(O)[C@@H](O)CN3CCN(c4ccccc4)CC3)[C@](C)(O)CC[C@@H]12. The van der Waals surface area contributed by atoms with Crippen molar-refractivity contribution in [1.82, 2.24) is 4.90 Å². The lowest BCUT2D eigenvalue weighted by atomic mass is 9.45. The first-order valence-corrected chi connectivity index (χ1v) is 14.0. The molecule has 6 atom stereocenters. The Morgan fingerprint density at radius 2 is 1.66 bits per heavy atom. The van der Waals surface area contributed by atoms with E-state index in [-0.39, 0.29) is 11.3 Å². The van der Waals surface area contributed by atoms with Crippen molar-refractivity contribution in [2.75, 3.05) is 37.6 Å². The molecule has 0 unspecified atom stereocenters. The average Bonchev–Trinajstić information content (AvgIpc) is 2.78. The van der Waals surface area contributed by atoms with Crippen LogP contribution >= 0.6 is 0 Å². The van der Waals surface area contributed by atoms with Gasteiger partial charge in [0, 0.05) is 38.4 Å². The maximum absolute atomic E-state index is 11.5. The van der Waals surface area contributed by atoms with E-state index in [0.717, 1.165) is 51.9 Å². The number of aliphatic hydroxyl groups is 3. The van der Waals surface area contributed by atoms with Crippen LogP contribution in [-0.2, 0) is 0 Å². The topological polar surface area (TPSA) is 67.2 Å². The molecule has 0 spiro atoms. The molecular weight excluding hydrogens is 436 g/mol. The molecule has 5 nitrogen and oxygen atoms in total. The molecule has 1 heterocycles. The van der Waals surface area contributed by atoms with Gasteiger partial charge in [0.05, 0.1) is 17.3 Å². The van der Waals surface area contributed by atoms with Gasteiger partial charge in [-0.2, -0.15) is 0 Å². The fourth-order valence-electron chi connectivity index (χ4n) is 8.14. The maximum Gasteiger partial charge on any atom is 0.0950 e. The molecule has 198 valence electrons. The Morgan fingerprint density at radius 1 is 1.00 bits per heavy atom. The van der Waals surface area contributed by atoms with Crippen LogP contribution in [0.25, 0.3) is 0 Å². The Kier molecular flexibility index (Phi) is 7.66. The molecular formula is C30H50N2O3. The van der Waals surface area contributed by atoms with Gasteiger partial charge >= 0.3 is 0 Å². The monoisotopic (exact) mass is 486 g/mol. The predicted octanol–water partition coefficient (Wildman–Crippen LogP) is 4.69. The first kappa shape index (κ1) is 26.9. The largest absolute Gasteiger partial charge is 0.390 e. The van der Waals surface area contributed by atoms with E-state index in [4.69, 9.17) is 0 Å². The van der Waals surface area contributed by atoms with E-state index in [1.165, 1.54) is 18.5 Å². The summed E-state index contributed by atoms with van der Waals surface area (Å²) in [5.74, 6) is 0.742. The quantitative estimate of drug-likeness (QED) is 0.522. The van der Waals surface area contributed by atoms with Gasteiger partial charge in [0.25, 0.3) is 0 Å². The van der Waals surface area contributed by atoms with Crippen molar-refractivity contribution >= 4 is 5.69 Å². The van der Waals surface area contributed by atoms with Gasteiger partial charge in [-0.05, 0) is 87.2 Å². The van der Waals surface area contributed by atoms with E-state index >= 15 is 0 Å². The molecule has 5 heteroatoms. The Balaban J connectivity index is 1.35. The zero-order valence-electron chi connectivity index (χ0n) is 22.8. The Labute approximate surface area is 213 Å². The fraction of sp³-hybridized carbons (Fsp3) is 0.800. The number of anilines is 1. The van der Waals surface area contributed by atoms with Gasteiger partial charge in [0.15, 0.2) is 0 Å². The number of rotatable bonds is 7. The van der Waals surface area contributed by atoms with E-state index in [1.54, 1.807) is 6.92 Å². The van der Waals surface area contributed by atoms with Gasteiger partial charge in [0.1, 0.15) is 0 Å². The highest BCUT2D eigenvalue weighted by molar-refractivity contribution is 5.46. The molecule has 0 radical (unpaired) electrons. The van der Waals surface area contributed by atoms with E-state index < -0.39 is 17.3 Å². The van der Waals surface area contributed by atoms with Crippen LogP contribution < -0.4 is 4.90 Å². The van der Waals surface area contributed by atoms with Crippen LogP contribution in [0, 0.1) is 22.7 Å². The number of nitrogens with zero attached hydrogens (tertiary/aromatic N) is 2. The summed E-state index contributed by atoms with van der Waals surface area (Å²) in [6, 6.07) is 10.5. The molecule has 0 bridgehead atoms. The van der Waals surface area contributed by atoms with Gasteiger partial charge < -0.3 is 20.2 Å². The Hall–Kier alpha value is -1.14. The second-order valence-electron chi connectivity index (χ2n) is 13.4. The lowest BCUT2D eigenvalue weighted by molar-refractivity contribution is -0.176. The summed E-state index contributed by atoms with van der Waals surface area (Å²) >= 11 is 0. The number of para-hydroxylation sites is 1. The minimum Gasteiger partial charge on any atom is -0.390 e. The van der Waals surface area contributed by atoms with Crippen molar-refractivity contribution in [2.24, 2.45) is 22.7 Å². The predicted molar refractivity (Wildman–Crippen MR) is 144 cm³/mol. The third-order valence-electron chi connectivity index (χ3n) is 10.3. The van der Waals surface area contributed by atoms with Crippen LogP contribution in [-0.4, -0.2) is 70.2 Å². The van der Waals surface area contributed by atoms with E-state index in [0.29, 0.717) is 24.3 Å². The first-order chi connectivity index (χ1) is 16.4. The molecule has 35 heavy (non-hydrogen) atoms. The second-order valence-corrected chi connectivity index (χ2v) is 13.4. The van der Waals surface area contributed by atoms with Gasteiger partial charge in [-0.3, -0.25) is 4.90 Å². The average molecular weight is 487 g/mol. The number of fused-ring (bicyclic) bond motifs is 1. The number of aliphatic hydroxyl groups excluding tert-OH is 1. The summed E-state index contributed by atoms with van der Waals surface area (Å²) in [5, 5.41) is 33.9. The molecule has 1 aromatic rings. The Morgan fingerprint density at radius 3 is 2.31 bits per heavy atom. The van der Waals surface area contributed by atoms with E-state index in [2.05, 4.69) is 54.8 Å². The fourth-order valence-corrected chi connectivity index (χ4v) is 8.14. The number of hydrogen-bond acceptors (Lipinski definition) is 5. The van der Waals surface area contributed by atoms with Crippen molar-refractivity contribution in [2.45, 2.75) is 96.9 Å². The zero-order chi connectivity index (χ0) is 25.5. The summed E-state index contributed by atoms with van der Waals surface area (Å²) in [6.45, 7) is 15.1. The smallest absolute Gasteiger partial charge is 0.0950 e. The third-order valence-corrected chi connectivity index (χ3v) is 10.3. The molecule has 0 aromatic heterocycles. The van der Waals surface area contributed by atoms with Gasteiger partial charge in [-0.25, -0.2) is 0 Å². The summed E-state index contributed by atoms with van der Waals surface area (Å²) in [5.41, 5.74) is -0.255. The first-order valence-electron chi connectivity index (χ1n) is 14.0. The van der Waals surface area contributed by atoms with Crippen LogP contribution in [0.1, 0.15) is 79.6 Å². The molecule has 1 aromatic carbocycles. The van der Waals surface area contributed by atoms with Crippen molar-refractivity contribution < 1.29 is 15.3 Å². The zero-order valence-corrected chi connectivity index (χ0v) is 22.8. The van der Waals surface area contributed by atoms with Crippen molar-refractivity contribution in [1.29, 1.82) is 0 Å². The molecule has 3 fully saturated rings. The lowest BCUT2D eigenvalue weighted by Gasteiger charge is -2.61. The molecule has 3 aliphatic rings. The van der Waals surface area contributed by atoms with E-state index in [1.807, 2.05) is 13.0 Å². The number of piperazine rings is 1. The summed E-state index contributed by atoms with van der Waals surface area (Å²) in [7, 11) is 0. The van der Waals surface area contributed by atoms with Crippen molar-refractivity contribution in [3.8, 4) is 0 Å². The molecule has 2 aliphatic carbocycles. The molecule has 2 saturated carbocycles. The highest BCUT2D eigenvalue weighted by Gasteiger charge is 2.58. The molecule has 3 N–H and O–H groups in total. The summed E-state index contributed by atoms with van der Waals surface area (Å²) in [4.78, 5) is 4.66. The van der Waals surface area contributed by atoms with Crippen LogP contribution in [0.4, 0.5) is 5.69 Å². The molecule has 0 amide bonds. The third kappa shape index (κ3) is 5.58. The van der Waals surface area contributed by atoms with E-state index in [9.17, 15) is 15.3 Å². The van der Waals surface area contributed by atoms with Crippen LogP contribution in [0.2, 0.25) is 0 Å². The Bertz CT molecular complexity index is 831. The van der Waals surface area contributed by atoms with Crippen LogP contribution in [0.5, 0.6) is 0 Å². The molecule has 1 aliphatic heterocycles. The van der Waals surface area contributed by atoms with Gasteiger partial charge in [-0.1, -0.05) is 45.4 Å². The molecule has 4 rings (SSSR count). The van der Waals surface area contributed by atoms with Crippen molar-refractivity contribution in [3.63, 3.8) is 0 Å².